The fourth-order valence-corrected chi connectivity index (χ4v) is 1.83. The molecule has 0 aliphatic carbocycles. The van der Waals surface area contributed by atoms with Gasteiger partial charge in [-0.25, -0.2) is 9.78 Å². The van der Waals surface area contributed by atoms with E-state index < -0.39 is 11.7 Å². The van der Waals surface area contributed by atoms with Crippen LogP contribution in [0.4, 0.5) is 0 Å². The van der Waals surface area contributed by atoms with E-state index in [4.69, 9.17) is 4.74 Å². The van der Waals surface area contributed by atoms with Crippen molar-refractivity contribution in [1.29, 1.82) is 0 Å². The van der Waals surface area contributed by atoms with Gasteiger partial charge in [0.15, 0.2) is 11.5 Å². The SMILES string of the molecule is CCCCOC(=O)c1c(O)c(O)cc2[nH]c(C)nc12. The smallest absolute Gasteiger partial charge is 0.344 e. The van der Waals surface area contributed by atoms with Crippen molar-refractivity contribution in [1.82, 2.24) is 9.97 Å². The van der Waals surface area contributed by atoms with Crippen LogP contribution in [0, 0.1) is 6.92 Å². The molecule has 1 heterocycles. The Bertz CT molecular complexity index is 619. The zero-order valence-corrected chi connectivity index (χ0v) is 10.9. The second-order valence-electron chi connectivity index (χ2n) is 4.33. The lowest BCUT2D eigenvalue weighted by molar-refractivity contribution is 0.0498. The molecule has 102 valence electrons. The normalized spacial score (nSPS) is 10.8. The van der Waals surface area contributed by atoms with Gasteiger partial charge in [0.25, 0.3) is 0 Å². The lowest BCUT2D eigenvalue weighted by Gasteiger charge is -2.07. The van der Waals surface area contributed by atoms with E-state index in [1.165, 1.54) is 6.07 Å². The molecule has 0 unspecified atom stereocenters. The molecule has 2 rings (SSSR count). The van der Waals surface area contributed by atoms with E-state index in [1.807, 2.05) is 6.92 Å². The molecule has 0 saturated heterocycles. The summed E-state index contributed by atoms with van der Waals surface area (Å²) in [7, 11) is 0. The molecular weight excluding hydrogens is 248 g/mol. The second kappa shape index (κ2) is 5.17. The fraction of sp³-hybridized carbons (Fsp3) is 0.385. The molecule has 0 aliphatic rings. The third-order valence-corrected chi connectivity index (χ3v) is 2.78. The van der Waals surface area contributed by atoms with Gasteiger partial charge in [0.1, 0.15) is 16.9 Å². The van der Waals surface area contributed by atoms with E-state index in [1.54, 1.807) is 6.92 Å². The third-order valence-electron chi connectivity index (χ3n) is 2.78. The number of aryl methyl sites for hydroxylation is 1. The number of aromatic amines is 1. The minimum Gasteiger partial charge on any atom is -0.504 e. The number of benzene rings is 1. The molecule has 0 saturated carbocycles. The Morgan fingerprint density at radius 1 is 1.47 bits per heavy atom. The van der Waals surface area contributed by atoms with Crippen LogP contribution in [0.3, 0.4) is 0 Å². The van der Waals surface area contributed by atoms with Crippen LogP contribution in [0.2, 0.25) is 0 Å². The minimum atomic E-state index is -0.682. The number of phenolic OH excluding ortho intramolecular Hbond substituents is 2. The maximum Gasteiger partial charge on any atom is 0.344 e. The summed E-state index contributed by atoms with van der Waals surface area (Å²) in [6, 6.07) is 1.33. The molecule has 6 heteroatoms. The van der Waals surface area contributed by atoms with Crippen molar-refractivity contribution in [2.24, 2.45) is 0 Å². The van der Waals surface area contributed by atoms with Gasteiger partial charge in [0.2, 0.25) is 0 Å². The van der Waals surface area contributed by atoms with Gasteiger partial charge in [-0.1, -0.05) is 13.3 Å². The van der Waals surface area contributed by atoms with Gasteiger partial charge in [-0.2, -0.15) is 0 Å². The lowest BCUT2D eigenvalue weighted by atomic mass is 10.1. The number of esters is 1. The Morgan fingerprint density at radius 3 is 2.89 bits per heavy atom. The van der Waals surface area contributed by atoms with Crippen LogP contribution < -0.4 is 0 Å². The summed E-state index contributed by atoms with van der Waals surface area (Å²) in [6.45, 7) is 3.98. The highest BCUT2D eigenvalue weighted by atomic mass is 16.5. The largest absolute Gasteiger partial charge is 0.504 e. The number of hydrogen-bond acceptors (Lipinski definition) is 5. The van der Waals surface area contributed by atoms with Crippen molar-refractivity contribution in [2.45, 2.75) is 26.7 Å². The standard InChI is InChI=1S/C13H16N2O4/c1-3-4-5-19-13(18)10-11-8(14-7(2)15-11)6-9(16)12(10)17/h6,16-17H,3-5H2,1-2H3,(H,14,15). The molecule has 0 atom stereocenters. The number of nitrogens with one attached hydrogen (secondary N) is 1. The van der Waals surface area contributed by atoms with Crippen LogP contribution in [-0.2, 0) is 4.74 Å². The van der Waals surface area contributed by atoms with Gasteiger partial charge in [-0.3, -0.25) is 0 Å². The number of imidazole rings is 1. The predicted molar refractivity (Wildman–Crippen MR) is 69.4 cm³/mol. The number of rotatable bonds is 4. The van der Waals surface area contributed by atoms with Crippen molar-refractivity contribution >= 4 is 17.0 Å². The molecule has 6 nitrogen and oxygen atoms in total. The Kier molecular flexibility index (Phi) is 3.59. The van der Waals surface area contributed by atoms with Crippen LogP contribution in [0.15, 0.2) is 6.07 Å². The molecule has 0 aliphatic heterocycles. The summed E-state index contributed by atoms with van der Waals surface area (Å²) in [5.41, 5.74) is 0.681. The molecule has 19 heavy (non-hydrogen) atoms. The van der Waals surface area contributed by atoms with Crippen molar-refractivity contribution in [2.75, 3.05) is 6.61 Å². The molecular formula is C13H16N2O4. The second-order valence-corrected chi connectivity index (χ2v) is 4.33. The zero-order chi connectivity index (χ0) is 14.0. The van der Waals surface area contributed by atoms with Crippen LogP contribution in [-0.4, -0.2) is 32.8 Å². The van der Waals surface area contributed by atoms with Crippen LogP contribution in [0.25, 0.3) is 11.0 Å². The molecule has 0 radical (unpaired) electrons. The van der Waals surface area contributed by atoms with Gasteiger partial charge in [-0.05, 0) is 13.3 Å². The summed E-state index contributed by atoms with van der Waals surface area (Å²) in [5.74, 6) is -0.972. The average molecular weight is 264 g/mol. The first-order chi connectivity index (χ1) is 9.04. The number of carbonyl (C=O) groups is 1. The number of unbranched alkanes of at least 4 members (excludes halogenated alkanes) is 1. The number of hydrogen-bond donors (Lipinski definition) is 3. The first-order valence-corrected chi connectivity index (χ1v) is 6.13. The minimum absolute atomic E-state index is 0.101. The van der Waals surface area contributed by atoms with E-state index >= 15 is 0 Å². The van der Waals surface area contributed by atoms with Crippen molar-refractivity contribution < 1.29 is 19.7 Å². The molecule has 0 amide bonds. The van der Waals surface area contributed by atoms with Gasteiger partial charge in [0.05, 0.1) is 12.1 Å². The summed E-state index contributed by atoms with van der Waals surface area (Å²) in [4.78, 5) is 19.0. The lowest BCUT2D eigenvalue weighted by Crippen LogP contribution is -2.07. The van der Waals surface area contributed by atoms with Gasteiger partial charge in [0, 0.05) is 6.07 Å². The number of nitrogens with zero attached hydrogens (tertiary/aromatic N) is 1. The molecule has 1 aromatic carbocycles. The Balaban J connectivity index is 2.45. The van der Waals surface area contributed by atoms with Gasteiger partial charge in [-0.15, -0.1) is 0 Å². The van der Waals surface area contributed by atoms with E-state index in [9.17, 15) is 15.0 Å². The molecule has 0 spiro atoms. The highest BCUT2D eigenvalue weighted by molar-refractivity contribution is 6.05. The summed E-state index contributed by atoms with van der Waals surface area (Å²) < 4.78 is 5.06. The Morgan fingerprint density at radius 2 is 2.21 bits per heavy atom. The van der Waals surface area contributed by atoms with Crippen molar-refractivity contribution in [3.63, 3.8) is 0 Å². The van der Waals surface area contributed by atoms with E-state index in [-0.39, 0.29) is 17.9 Å². The summed E-state index contributed by atoms with van der Waals surface area (Å²) in [6.07, 6.45) is 1.64. The number of fused-ring (bicyclic) bond motifs is 1. The number of aromatic hydroxyl groups is 2. The fourth-order valence-electron chi connectivity index (χ4n) is 1.83. The van der Waals surface area contributed by atoms with Crippen LogP contribution in [0.5, 0.6) is 11.5 Å². The van der Waals surface area contributed by atoms with Gasteiger partial charge >= 0.3 is 5.97 Å². The first-order valence-electron chi connectivity index (χ1n) is 6.13. The third kappa shape index (κ3) is 2.47. The number of phenols is 2. The van der Waals surface area contributed by atoms with Gasteiger partial charge < -0.3 is 19.9 Å². The highest BCUT2D eigenvalue weighted by Gasteiger charge is 2.22. The molecule has 1 aromatic heterocycles. The monoisotopic (exact) mass is 264 g/mol. The summed E-state index contributed by atoms with van der Waals surface area (Å²) >= 11 is 0. The topological polar surface area (TPSA) is 95.4 Å². The summed E-state index contributed by atoms with van der Waals surface area (Å²) in [5, 5.41) is 19.4. The maximum atomic E-state index is 12.0. The Labute approximate surface area is 110 Å². The maximum absolute atomic E-state index is 12.0. The molecule has 2 aromatic rings. The zero-order valence-electron chi connectivity index (χ0n) is 10.9. The molecule has 0 fully saturated rings. The quantitative estimate of drug-likeness (QED) is 0.447. The predicted octanol–water partition coefficient (Wildman–Crippen LogP) is 2.24. The van der Waals surface area contributed by atoms with E-state index in [0.717, 1.165) is 12.8 Å². The van der Waals surface area contributed by atoms with E-state index in [0.29, 0.717) is 16.9 Å². The van der Waals surface area contributed by atoms with Crippen LogP contribution in [0.1, 0.15) is 35.9 Å². The van der Waals surface area contributed by atoms with Crippen molar-refractivity contribution in [3.8, 4) is 11.5 Å². The molecule has 0 bridgehead atoms. The highest BCUT2D eigenvalue weighted by Crippen LogP contribution is 2.35. The number of carbonyl (C=O) groups excluding carboxylic acids is 1. The Hall–Kier alpha value is -2.24. The van der Waals surface area contributed by atoms with E-state index in [2.05, 4.69) is 9.97 Å². The first kappa shape index (κ1) is 13.2. The average Bonchev–Trinajstić information content (AvgIpc) is 2.70. The number of aromatic nitrogens is 2. The number of H-pyrrole nitrogens is 1. The van der Waals surface area contributed by atoms with Crippen molar-refractivity contribution in [3.05, 3.63) is 17.5 Å². The molecule has 3 N–H and O–H groups in total. The number of ether oxygens (including phenoxy) is 1. The van der Waals surface area contributed by atoms with Crippen LogP contribution >= 0.6 is 0 Å².